The molecule has 0 aliphatic heterocycles. The van der Waals surface area contributed by atoms with E-state index in [9.17, 15) is 13.6 Å². The van der Waals surface area contributed by atoms with E-state index in [0.29, 0.717) is 0 Å². The zero-order valence-electron chi connectivity index (χ0n) is 9.51. The SMILES string of the molecule is CCc1cc(C(C)=O)c(OC(F)F)cc1C. The molecule has 0 aliphatic carbocycles. The summed E-state index contributed by atoms with van der Waals surface area (Å²) >= 11 is 0. The van der Waals surface area contributed by atoms with Gasteiger partial charge in [0.15, 0.2) is 5.78 Å². The van der Waals surface area contributed by atoms with Crippen LogP contribution in [-0.2, 0) is 6.42 Å². The Morgan fingerprint density at radius 1 is 1.44 bits per heavy atom. The van der Waals surface area contributed by atoms with Crippen LogP contribution in [0.4, 0.5) is 8.78 Å². The Morgan fingerprint density at radius 2 is 2.06 bits per heavy atom. The van der Waals surface area contributed by atoms with Gasteiger partial charge in [-0.2, -0.15) is 8.78 Å². The van der Waals surface area contributed by atoms with Gasteiger partial charge in [-0.1, -0.05) is 6.92 Å². The molecule has 0 spiro atoms. The molecule has 0 radical (unpaired) electrons. The van der Waals surface area contributed by atoms with Crippen molar-refractivity contribution >= 4 is 5.78 Å². The highest BCUT2D eigenvalue weighted by molar-refractivity contribution is 5.97. The van der Waals surface area contributed by atoms with Crippen molar-refractivity contribution in [2.24, 2.45) is 0 Å². The Hall–Kier alpha value is -1.45. The van der Waals surface area contributed by atoms with Crippen LogP contribution in [0.15, 0.2) is 12.1 Å². The second kappa shape index (κ2) is 5.05. The summed E-state index contributed by atoms with van der Waals surface area (Å²) < 4.78 is 28.6. The van der Waals surface area contributed by atoms with Crippen LogP contribution < -0.4 is 4.74 Å². The van der Waals surface area contributed by atoms with Crippen LogP contribution in [0.3, 0.4) is 0 Å². The largest absolute Gasteiger partial charge is 0.434 e. The molecule has 0 fully saturated rings. The van der Waals surface area contributed by atoms with E-state index in [1.165, 1.54) is 13.0 Å². The van der Waals surface area contributed by atoms with Gasteiger partial charge in [-0.25, -0.2) is 0 Å². The number of aryl methyl sites for hydroxylation is 2. The molecule has 0 bridgehead atoms. The van der Waals surface area contributed by atoms with Crippen molar-refractivity contribution in [3.05, 3.63) is 28.8 Å². The van der Waals surface area contributed by atoms with Crippen LogP contribution in [0.1, 0.15) is 35.3 Å². The second-order valence-corrected chi connectivity index (χ2v) is 3.56. The van der Waals surface area contributed by atoms with Gasteiger partial charge in [0.25, 0.3) is 0 Å². The van der Waals surface area contributed by atoms with Gasteiger partial charge in [0, 0.05) is 0 Å². The molecule has 0 N–H and O–H groups in total. The number of ketones is 1. The molecule has 0 saturated carbocycles. The van der Waals surface area contributed by atoms with Gasteiger partial charge in [0.1, 0.15) is 5.75 Å². The maximum atomic E-state index is 12.1. The van der Waals surface area contributed by atoms with Gasteiger partial charge in [-0.15, -0.1) is 0 Å². The number of hydrogen-bond donors (Lipinski definition) is 0. The summed E-state index contributed by atoms with van der Waals surface area (Å²) in [5.74, 6) is -0.317. The van der Waals surface area contributed by atoms with E-state index in [4.69, 9.17) is 0 Å². The smallest absolute Gasteiger partial charge is 0.387 e. The number of carbonyl (C=O) groups is 1. The molecule has 1 aromatic rings. The van der Waals surface area contributed by atoms with Gasteiger partial charge in [-0.3, -0.25) is 4.79 Å². The van der Waals surface area contributed by atoms with E-state index >= 15 is 0 Å². The fraction of sp³-hybridized carbons (Fsp3) is 0.417. The van der Waals surface area contributed by atoms with Crippen molar-refractivity contribution in [2.75, 3.05) is 0 Å². The Bertz CT molecular complexity index is 400. The second-order valence-electron chi connectivity index (χ2n) is 3.56. The highest BCUT2D eigenvalue weighted by Crippen LogP contribution is 2.26. The average Bonchev–Trinajstić information content (AvgIpc) is 2.16. The fourth-order valence-corrected chi connectivity index (χ4v) is 1.58. The van der Waals surface area contributed by atoms with E-state index in [2.05, 4.69) is 4.74 Å². The molecule has 0 atom stereocenters. The minimum atomic E-state index is -2.91. The van der Waals surface area contributed by atoms with Crippen LogP contribution >= 0.6 is 0 Å². The number of carbonyl (C=O) groups excluding carboxylic acids is 1. The van der Waals surface area contributed by atoms with Crippen molar-refractivity contribution in [2.45, 2.75) is 33.8 Å². The number of benzene rings is 1. The van der Waals surface area contributed by atoms with Gasteiger partial charge < -0.3 is 4.74 Å². The minimum Gasteiger partial charge on any atom is -0.434 e. The summed E-state index contributed by atoms with van der Waals surface area (Å²) in [6, 6.07) is 3.11. The number of rotatable bonds is 4. The molecule has 0 unspecified atom stereocenters. The molecule has 1 aromatic carbocycles. The number of Topliss-reactive ketones (excluding diaryl/α,β-unsaturated/α-hetero) is 1. The van der Waals surface area contributed by atoms with E-state index < -0.39 is 6.61 Å². The predicted octanol–water partition coefficient (Wildman–Crippen LogP) is 3.36. The van der Waals surface area contributed by atoms with E-state index in [1.54, 1.807) is 13.0 Å². The lowest BCUT2D eigenvalue weighted by Crippen LogP contribution is -2.08. The maximum absolute atomic E-state index is 12.1. The Balaban J connectivity index is 3.24. The lowest BCUT2D eigenvalue weighted by atomic mass is 10.00. The van der Waals surface area contributed by atoms with Crippen LogP contribution in [0.5, 0.6) is 5.75 Å². The topological polar surface area (TPSA) is 26.3 Å². The monoisotopic (exact) mass is 228 g/mol. The van der Waals surface area contributed by atoms with Crippen LogP contribution in [0, 0.1) is 6.92 Å². The van der Waals surface area contributed by atoms with E-state index in [0.717, 1.165) is 17.5 Å². The van der Waals surface area contributed by atoms with Gasteiger partial charge in [0.05, 0.1) is 5.56 Å². The first kappa shape index (κ1) is 12.6. The molecule has 0 saturated heterocycles. The van der Waals surface area contributed by atoms with Crippen LogP contribution in [-0.4, -0.2) is 12.4 Å². The van der Waals surface area contributed by atoms with Gasteiger partial charge >= 0.3 is 6.61 Å². The first-order valence-electron chi connectivity index (χ1n) is 5.05. The van der Waals surface area contributed by atoms with Crippen LogP contribution in [0.2, 0.25) is 0 Å². The third-order valence-electron chi connectivity index (χ3n) is 2.41. The Labute approximate surface area is 93.2 Å². The lowest BCUT2D eigenvalue weighted by Gasteiger charge is -2.12. The molecule has 4 heteroatoms. The Kier molecular flexibility index (Phi) is 3.99. The molecule has 1 rings (SSSR count). The summed E-state index contributed by atoms with van der Waals surface area (Å²) in [5, 5.41) is 0. The average molecular weight is 228 g/mol. The van der Waals surface area contributed by atoms with Gasteiger partial charge in [0.2, 0.25) is 0 Å². The predicted molar refractivity (Wildman–Crippen MR) is 57.2 cm³/mol. The van der Waals surface area contributed by atoms with Crippen molar-refractivity contribution < 1.29 is 18.3 Å². The molecule has 0 aliphatic rings. The normalized spacial score (nSPS) is 10.6. The molecular weight excluding hydrogens is 214 g/mol. The molecule has 0 heterocycles. The highest BCUT2D eigenvalue weighted by Gasteiger charge is 2.15. The van der Waals surface area contributed by atoms with Gasteiger partial charge in [-0.05, 0) is 43.5 Å². The number of ether oxygens (including phenoxy) is 1. The molecule has 16 heavy (non-hydrogen) atoms. The third kappa shape index (κ3) is 2.78. The zero-order valence-corrected chi connectivity index (χ0v) is 9.51. The number of alkyl halides is 2. The van der Waals surface area contributed by atoms with E-state index in [-0.39, 0.29) is 17.1 Å². The molecule has 2 nitrogen and oxygen atoms in total. The first-order chi connectivity index (χ1) is 7.45. The highest BCUT2D eigenvalue weighted by atomic mass is 19.3. The molecule has 0 aromatic heterocycles. The summed E-state index contributed by atoms with van der Waals surface area (Å²) in [7, 11) is 0. The minimum absolute atomic E-state index is 0.0443. The lowest BCUT2D eigenvalue weighted by molar-refractivity contribution is -0.0501. The standard InChI is InChI=1S/C12H14F2O2/c1-4-9-6-10(8(3)15)11(5-7(9)2)16-12(13)14/h5-6,12H,4H2,1-3H3. The summed E-state index contributed by atoms with van der Waals surface area (Å²) in [6.45, 7) is 2.17. The summed E-state index contributed by atoms with van der Waals surface area (Å²) in [6.07, 6.45) is 0.751. The Morgan fingerprint density at radius 3 is 2.50 bits per heavy atom. The van der Waals surface area contributed by atoms with Crippen molar-refractivity contribution in [1.82, 2.24) is 0 Å². The van der Waals surface area contributed by atoms with Crippen molar-refractivity contribution in [1.29, 1.82) is 0 Å². The number of hydrogen-bond acceptors (Lipinski definition) is 2. The quantitative estimate of drug-likeness (QED) is 0.738. The third-order valence-corrected chi connectivity index (χ3v) is 2.41. The van der Waals surface area contributed by atoms with Crippen molar-refractivity contribution in [3.8, 4) is 5.75 Å². The van der Waals surface area contributed by atoms with Crippen LogP contribution in [0.25, 0.3) is 0 Å². The zero-order chi connectivity index (χ0) is 12.3. The molecule has 88 valence electrons. The van der Waals surface area contributed by atoms with Crippen molar-refractivity contribution in [3.63, 3.8) is 0 Å². The number of halogens is 2. The molecule has 0 amide bonds. The van der Waals surface area contributed by atoms with E-state index in [1.807, 2.05) is 6.92 Å². The fourth-order valence-electron chi connectivity index (χ4n) is 1.58. The molecular formula is C12H14F2O2. The summed E-state index contributed by atoms with van der Waals surface area (Å²) in [5.41, 5.74) is 2.03. The maximum Gasteiger partial charge on any atom is 0.387 e. The first-order valence-corrected chi connectivity index (χ1v) is 5.05. The summed E-state index contributed by atoms with van der Waals surface area (Å²) in [4.78, 5) is 11.3.